The fraction of sp³-hybridized carbons (Fsp3) is 0.800. The van der Waals surface area contributed by atoms with Gasteiger partial charge in [0.1, 0.15) is 6.61 Å². The van der Waals surface area contributed by atoms with Gasteiger partial charge >= 0.3 is 11.9 Å². The first-order valence-electron chi connectivity index (χ1n) is 4.94. The van der Waals surface area contributed by atoms with E-state index in [1.807, 2.05) is 6.92 Å². The maximum atomic E-state index is 11.1. The molecule has 0 aromatic carbocycles. The van der Waals surface area contributed by atoms with Crippen molar-refractivity contribution in [2.45, 2.75) is 33.6 Å². The molecule has 0 N–H and O–H groups in total. The standard InChI is InChI=1S/C10H18O4/c1-4-6-9(11)14-7-8(3)10(12)13-5-2/h8H,4-7H2,1-3H3. The SMILES string of the molecule is CCCC(=O)OCC(C)C(=O)OCC. The number of rotatable bonds is 6. The summed E-state index contributed by atoms with van der Waals surface area (Å²) in [6, 6.07) is 0. The van der Waals surface area contributed by atoms with Crippen LogP contribution in [0.25, 0.3) is 0 Å². The molecular weight excluding hydrogens is 184 g/mol. The van der Waals surface area contributed by atoms with Crippen LogP contribution >= 0.6 is 0 Å². The Morgan fingerprint density at radius 3 is 2.36 bits per heavy atom. The molecule has 0 heterocycles. The van der Waals surface area contributed by atoms with Crippen LogP contribution in [0.5, 0.6) is 0 Å². The second-order valence-corrected chi connectivity index (χ2v) is 3.09. The maximum absolute atomic E-state index is 11.1. The molecule has 0 fully saturated rings. The van der Waals surface area contributed by atoms with Crippen molar-refractivity contribution in [2.24, 2.45) is 5.92 Å². The molecule has 0 saturated heterocycles. The van der Waals surface area contributed by atoms with Crippen molar-refractivity contribution in [2.75, 3.05) is 13.2 Å². The molecule has 82 valence electrons. The quantitative estimate of drug-likeness (QED) is 0.613. The zero-order valence-corrected chi connectivity index (χ0v) is 9.04. The summed E-state index contributed by atoms with van der Waals surface area (Å²) in [6.07, 6.45) is 1.15. The Balaban J connectivity index is 3.67. The largest absolute Gasteiger partial charge is 0.466 e. The van der Waals surface area contributed by atoms with Crippen LogP contribution in [0.3, 0.4) is 0 Å². The van der Waals surface area contributed by atoms with Crippen LogP contribution in [-0.2, 0) is 19.1 Å². The van der Waals surface area contributed by atoms with Crippen LogP contribution in [0, 0.1) is 5.92 Å². The Labute approximate surface area is 84.6 Å². The minimum atomic E-state index is -0.379. The number of carbonyl (C=O) groups excluding carboxylic acids is 2. The lowest BCUT2D eigenvalue weighted by Crippen LogP contribution is -2.21. The second-order valence-electron chi connectivity index (χ2n) is 3.09. The number of hydrogen-bond donors (Lipinski definition) is 0. The fourth-order valence-corrected chi connectivity index (χ4v) is 0.847. The molecule has 4 nitrogen and oxygen atoms in total. The molecule has 0 rings (SSSR count). The highest BCUT2D eigenvalue weighted by molar-refractivity contribution is 5.73. The molecule has 1 unspecified atom stereocenters. The Bertz CT molecular complexity index is 189. The molecular formula is C10H18O4. The maximum Gasteiger partial charge on any atom is 0.312 e. The highest BCUT2D eigenvalue weighted by atomic mass is 16.5. The predicted octanol–water partition coefficient (Wildman–Crippen LogP) is 1.53. The van der Waals surface area contributed by atoms with Crippen LogP contribution in [0.15, 0.2) is 0 Å². The third kappa shape index (κ3) is 5.56. The van der Waals surface area contributed by atoms with Crippen LogP contribution in [0.2, 0.25) is 0 Å². The fourth-order valence-electron chi connectivity index (χ4n) is 0.847. The summed E-state index contributed by atoms with van der Waals surface area (Å²) >= 11 is 0. The summed E-state index contributed by atoms with van der Waals surface area (Å²) in [7, 11) is 0. The first-order valence-corrected chi connectivity index (χ1v) is 4.94. The summed E-state index contributed by atoms with van der Waals surface area (Å²) in [4.78, 5) is 22.1. The third-order valence-electron chi connectivity index (χ3n) is 1.64. The second kappa shape index (κ2) is 7.35. The van der Waals surface area contributed by atoms with Crippen LogP contribution < -0.4 is 0 Å². The molecule has 0 aromatic heterocycles. The van der Waals surface area contributed by atoms with E-state index in [-0.39, 0.29) is 24.5 Å². The van der Waals surface area contributed by atoms with Gasteiger partial charge in [-0.2, -0.15) is 0 Å². The van der Waals surface area contributed by atoms with Gasteiger partial charge in [0.2, 0.25) is 0 Å². The van der Waals surface area contributed by atoms with E-state index in [4.69, 9.17) is 9.47 Å². The van der Waals surface area contributed by atoms with E-state index < -0.39 is 0 Å². The zero-order chi connectivity index (χ0) is 11.0. The van der Waals surface area contributed by atoms with Crippen molar-refractivity contribution in [3.05, 3.63) is 0 Å². The van der Waals surface area contributed by atoms with Gasteiger partial charge in [-0.05, 0) is 20.3 Å². The van der Waals surface area contributed by atoms with Crippen LogP contribution in [-0.4, -0.2) is 25.2 Å². The lowest BCUT2D eigenvalue weighted by Gasteiger charge is -2.10. The minimum Gasteiger partial charge on any atom is -0.466 e. The molecule has 0 aromatic rings. The van der Waals surface area contributed by atoms with Crippen molar-refractivity contribution in [1.29, 1.82) is 0 Å². The van der Waals surface area contributed by atoms with Gasteiger partial charge in [-0.3, -0.25) is 9.59 Å². The van der Waals surface area contributed by atoms with E-state index in [1.54, 1.807) is 13.8 Å². The molecule has 0 amide bonds. The van der Waals surface area contributed by atoms with E-state index in [2.05, 4.69) is 0 Å². The van der Waals surface area contributed by atoms with Gasteiger partial charge in [0.25, 0.3) is 0 Å². The first kappa shape index (κ1) is 12.9. The van der Waals surface area contributed by atoms with Crippen molar-refractivity contribution < 1.29 is 19.1 Å². The smallest absolute Gasteiger partial charge is 0.312 e. The molecule has 0 saturated carbocycles. The topological polar surface area (TPSA) is 52.6 Å². The van der Waals surface area contributed by atoms with Gasteiger partial charge in [-0.1, -0.05) is 6.92 Å². The molecule has 0 aliphatic carbocycles. The van der Waals surface area contributed by atoms with Crippen LogP contribution in [0.1, 0.15) is 33.6 Å². The van der Waals surface area contributed by atoms with Gasteiger partial charge in [0.15, 0.2) is 0 Å². The van der Waals surface area contributed by atoms with Gasteiger partial charge in [0.05, 0.1) is 12.5 Å². The Kier molecular flexibility index (Phi) is 6.80. The van der Waals surface area contributed by atoms with E-state index in [0.717, 1.165) is 6.42 Å². The monoisotopic (exact) mass is 202 g/mol. The highest BCUT2D eigenvalue weighted by Crippen LogP contribution is 2.01. The molecule has 1 atom stereocenters. The summed E-state index contributed by atoms with van der Waals surface area (Å²) in [5.74, 6) is -0.962. The number of esters is 2. The molecule has 0 spiro atoms. The average Bonchev–Trinajstić information content (AvgIpc) is 2.15. The first-order chi connectivity index (χ1) is 6.61. The lowest BCUT2D eigenvalue weighted by atomic mass is 10.2. The van der Waals surface area contributed by atoms with Crippen molar-refractivity contribution in [1.82, 2.24) is 0 Å². The van der Waals surface area contributed by atoms with Crippen molar-refractivity contribution in [3.8, 4) is 0 Å². The molecule has 0 aliphatic heterocycles. The number of carbonyl (C=O) groups is 2. The zero-order valence-electron chi connectivity index (χ0n) is 9.04. The van der Waals surface area contributed by atoms with Crippen LogP contribution in [0.4, 0.5) is 0 Å². The summed E-state index contributed by atoms with van der Waals surface area (Å²) in [6.45, 7) is 5.78. The van der Waals surface area contributed by atoms with E-state index in [9.17, 15) is 9.59 Å². The van der Waals surface area contributed by atoms with Gasteiger partial charge in [0, 0.05) is 6.42 Å². The highest BCUT2D eigenvalue weighted by Gasteiger charge is 2.15. The predicted molar refractivity (Wildman–Crippen MR) is 51.7 cm³/mol. The van der Waals surface area contributed by atoms with Gasteiger partial charge < -0.3 is 9.47 Å². The third-order valence-corrected chi connectivity index (χ3v) is 1.64. The Hall–Kier alpha value is -1.06. The number of hydrogen-bond acceptors (Lipinski definition) is 4. The van der Waals surface area contributed by atoms with Crippen molar-refractivity contribution in [3.63, 3.8) is 0 Å². The summed E-state index contributed by atoms with van der Waals surface area (Å²) < 4.78 is 9.64. The van der Waals surface area contributed by atoms with Gasteiger partial charge in [-0.15, -0.1) is 0 Å². The van der Waals surface area contributed by atoms with Crippen molar-refractivity contribution >= 4 is 11.9 Å². The van der Waals surface area contributed by atoms with E-state index in [0.29, 0.717) is 13.0 Å². The summed E-state index contributed by atoms with van der Waals surface area (Å²) in [5, 5.41) is 0. The Morgan fingerprint density at radius 1 is 1.21 bits per heavy atom. The molecule has 14 heavy (non-hydrogen) atoms. The Morgan fingerprint density at radius 2 is 1.86 bits per heavy atom. The normalized spacial score (nSPS) is 11.9. The molecule has 0 aliphatic rings. The molecule has 0 radical (unpaired) electrons. The van der Waals surface area contributed by atoms with E-state index >= 15 is 0 Å². The average molecular weight is 202 g/mol. The molecule has 0 bridgehead atoms. The minimum absolute atomic E-state index is 0.109. The number of ether oxygens (including phenoxy) is 2. The summed E-state index contributed by atoms with van der Waals surface area (Å²) in [5.41, 5.74) is 0. The lowest BCUT2D eigenvalue weighted by molar-refractivity contribution is -0.153. The molecule has 4 heteroatoms. The van der Waals surface area contributed by atoms with Gasteiger partial charge in [-0.25, -0.2) is 0 Å². The van der Waals surface area contributed by atoms with E-state index in [1.165, 1.54) is 0 Å².